The third-order valence-electron chi connectivity index (χ3n) is 1.04. The highest BCUT2D eigenvalue weighted by Crippen LogP contribution is 2.04. The van der Waals surface area contributed by atoms with Gasteiger partial charge in [0.25, 0.3) is 0 Å². The summed E-state index contributed by atoms with van der Waals surface area (Å²) in [4.78, 5) is 4.57. The molecule has 0 atom stereocenters. The van der Waals surface area contributed by atoms with Gasteiger partial charge in [0.05, 0.1) is 6.20 Å². The van der Waals surface area contributed by atoms with Crippen molar-refractivity contribution < 1.29 is 4.39 Å². The Morgan fingerprint density at radius 3 is 3.10 bits per heavy atom. The van der Waals surface area contributed by atoms with Gasteiger partial charge in [-0.3, -0.25) is 4.90 Å². The van der Waals surface area contributed by atoms with Crippen molar-refractivity contribution in [3.8, 4) is 6.19 Å². The van der Waals surface area contributed by atoms with Crippen molar-refractivity contribution in [2.24, 2.45) is 10.7 Å². The number of aliphatic imine (C=N–C) groups is 1. The van der Waals surface area contributed by atoms with Crippen LogP contribution in [0.4, 0.5) is 4.39 Å². The fourth-order valence-electron chi connectivity index (χ4n) is 0.532. The Morgan fingerprint density at radius 1 is 1.90 bits per heavy atom. The lowest BCUT2D eigenvalue weighted by Gasteiger charge is -2.11. The first-order valence-corrected chi connectivity index (χ1v) is 2.58. The second kappa shape index (κ2) is 2.35. The minimum Gasteiger partial charge on any atom is -0.381 e. The molecule has 1 aliphatic heterocycles. The zero-order valence-corrected chi connectivity index (χ0v) is 5.08. The molecule has 0 aliphatic carbocycles. The number of halogens is 1. The van der Waals surface area contributed by atoms with Gasteiger partial charge in [-0.1, -0.05) is 0 Å². The van der Waals surface area contributed by atoms with Crippen LogP contribution in [0.2, 0.25) is 0 Å². The average molecular weight is 140 g/mol. The van der Waals surface area contributed by atoms with E-state index in [9.17, 15) is 4.39 Å². The summed E-state index contributed by atoms with van der Waals surface area (Å²) in [6.45, 7) is 0.107. The van der Waals surface area contributed by atoms with E-state index in [0.717, 1.165) is 11.1 Å². The molecule has 0 aromatic heterocycles. The minimum absolute atomic E-state index is 0.107. The van der Waals surface area contributed by atoms with Gasteiger partial charge in [-0.05, 0) is 0 Å². The Bertz CT molecular complexity index is 237. The Hall–Kier alpha value is -1.57. The van der Waals surface area contributed by atoms with E-state index in [1.54, 1.807) is 6.19 Å². The van der Waals surface area contributed by atoms with Crippen LogP contribution >= 0.6 is 0 Å². The maximum Gasteiger partial charge on any atom is 0.185 e. The Labute approximate surface area is 57.1 Å². The summed E-state index contributed by atoms with van der Waals surface area (Å²) in [5.74, 6) is -0.806. The number of nitriles is 1. The van der Waals surface area contributed by atoms with Crippen molar-refractivity contribution in [2.75, 3.05) is 6.67 Å². The minimum atomic E-state index is -0.659. The molecule has 1 rings (SSSR count). The molecule has 0 spiro atoms. The second-order valence-electron chi connectivity index (χ2n) is 1.73. The van der Waals surface area contributed by atoms with Crippen LogP contribution in [0.25, 0.3) is 0 Å². The maximum absolute atomic E-state index is 12.4. The molecule has 0 amide bonds. The lowest BCUT2D eigenvalue weighted by Crippen LogP contribution is -2.24. The topological polar surface area (TPSA) is 65.4 Å². The summed E-state index contributed by atoms with van der Waals surface area (Å²) in [6, 6.07) is 0. The first-order valence-electron chi connectivity index (χ1n) is 2.58. The zero-order chi connectivity index (χ0) is 7.56. The molecule has 52 valence electrons. The van der Waals surface area contributed by atoms with Crippen molar-refractivity contribution in [2.45, 2.75) is 0 Å². The number of hydrogen-bond donors (Lipinski definition) is 1. The highest BCUT2D eigenvalue weighted by Gasteiger charge is 2.09. The molecule has 0 fully saturated rings. The normalized spacial score (nSPS) is 17.4. The summed E-state index contributed by atoms with van der Waals surface area (Å²) < 4.78 is 12.4. The van der Waals surface area contributed by atoms with Crippen LogP contribution in [0.15, 0.2) is 17.0 Å². The monoisotopic (exact) mass is 140 g/mol. The van der Waals surface area contributed by atoms with Gasteiger partial charge in [0.1, 0.15) is 6.67 Å². The van der Waals surface area contributed by atoms with Crippen LogP contribution in [0, 0.1) is 11.5 Å². The van der Waals surface area contributed by atoms with Gasteiger partial charge in [-0.15, -0.1) is 0 Å². The van der Waals surface area contributed by atoms with Gasteiger partial charge in [0, 0.05) is 0 Å². The van der Waals surface area contributed by atoms with Gasteiger partial charge in [0.15, 0.2) is 17.9 Å². The third kappa shape index (κ3) is 1.05. The van der Waals surface area contributed by atoms with Crippen LogP contribution in [0.3, 0.4) is 0 Å². The number of hydrogen-bond acceptors (Lipinski definition) is 4. The molecule has 0 unspecified atom stereocenters. The molecule has 1 aliphatic rings. The van der Waals surface area contributed by atoms with E-state index >= 15 is 0 Å². The molecule has 0 saturated heterocycles. The predicted molar refractivity (Wildman–Crippen MR) is 33.1 cm³/mol. The van der Waals surface area contributed by atoms with Crippen molar-refractivity contribution in [3.63, 3.8) is 0 Å². The fraction of sp³-hybridized carbons (Fsp3) is 0.200. The van der Waals surface area contributed by atoms with Gasteiger partial charge >= 0.3 is 0 Å². The predicted octanol–water partition coefficient (Wildman–Crippen LogP) is -0.0913. The van der Waals surface area contributed by atoms with E-state index < -0.39 is 5.83 Å². The number of nitrogens with two attached hydrogens (primary N) is 1. The largest absolute Gasteiger partial charge is 0.381 e. The Kier molecular flexibility index (Phi) is 1.54. The van der Waals surface area contributed by atoms with Crippen LogP contribution < -0.4 is 5.73 Å². The van der Waals surface area contributed by atoms with Crippen molar-refractivity contribution >= 4 is 5.84 Å². The Morgan fingerprint density at radius 2 is 2.60 bits per heavy atom. The van der Waals surface area contributed by atoms with Crippen molar-refractivity contribution in [3.05, 3.63) is 12.0 Å². The highest BCUT2D eigenvalue weighted by atomic mass is 19.1. The molecule has 4 nitrogen and oxygen atoms in total. The third-order valence-corrected chi connectivity index (χ3v) is 1.04. The molecule has 0 aromatic rings. The lowest BCUT2D eigenvalue weighted by molar-refractivity contribution is 0.503. The second-order valence-corrected chi connectivity index (χ2v) is 1.73. The molecule has 0 bridgehead atoms. The summed E-state index contributed by atoms with van der Waals surface area (Å²) in [5, 5.41) is 8.25. The standard InChI is InChI=1S/C5H5FN4/c6-4-1-10(2-7)3-9-5(4)8/h1H,3H2,(H2,8,9). The van der Waals surface area contributed by atoms with Gasteiger partial charge < -0.3 is 5.73 Å². The zero-order valence-electron chi connectivity index (χ0n) is 5.08. The number of rotatable bonds is 0. The molecule has 10 heavy (non-hydrogen) atoms. The van der Waals surface area contributed by atoms with E-state index in [4.69, 9.17) is 11.0 Å². The quantitative estimate of drug-likeness (QED) is 0.478. The molecular formula is C5H5FN4. The van der Waals surface area contributed by atoms with E-state index in [0.29, 0.717) is 0 Å². The van der Waals surface area contributed by atoms with Crippen LogP contribution in [0.5, 0.6) is 0 Å². The van der Waals surface area contributed by atoms with Crippen LogP contribution in [-0.2, 0) is 0 Å². The maximum atomic E-state index is 12.4. The lowest BCUT2D eigenvalue weighted by atomic mass is 10.4. The molecule has 1 heterocycles. The van der Waals surface area contributed by atoms with Gasteiger partial charge in [-0.2, -0.15) is 5.26 Å². The Balaban J connectivity index is 2.78. The van der Waals surface area contributed by atoms with E-state index in [1.165, 1.54) is 0 Å². The molecule has 0 aromatic carbocycles. The van der Waals surface area contributed by atoms with Gasteiger partial charge in [0.2, 0.25) is 0 Å². The van der Waals surface area contributed by atoms with Gasteiger partial charge in [-0.25, -0.2) is 9.38 Å². The molecule has 0 radical (unpaired) electrons. The van der Waals surface area contributed by atoms with Crippen molar-refractivity contribution in [1.82, 2.24) is 4.90 Å². The fourth-order valence-corrected chi connectivity index (χ4v) is 0.532. The van der Waals surface area contributed by atoms with Crippen LogP contribution in [-0.4, -0.2) is 17.4 Å². The smallest absolute Gasteiger partial charge is 0.185 e. The first-order chi connectivity index (χ1) is 4.74. The van der Waals surface area contributed by atoms with E-state index in [2.05, 4.69) is 4.99 Å². The molecule has 5 heteroatoms. The van der Waals surface area contributed by atoms with Crippen LogP contribution in [0.1, 0.15) is 0 Å². The average Bonchev–Trinajstić information content (AvgIpc) is 1.95. The summed E-state index contributed by atoms with van der Waals surface area (Å²) >= 11 is 0. The highest BCUT2D eigenvalue weighted by molar-refractivity contribution is 5.95. The summed E-state index contributed by atoms with van der Waals surface area (Å²) in [5.41, 5.74) is 5.07. The molecule has 0 saturated carbocycles. The van der Waals surface area contributed by atoms with Crippen molar-refractivity contribution in [1.29, 1.82) is 5.26 Å². The summed E-state index contributed by atoms with van der Waals surface area (Å²) in [7, 11) is 0. The molecule has 2 N–H and O–H groups in total. The first kappa shape index (κ1) is 6.55. The number of amidine groups is 1. The molecular weight excluding hydrogens is 135 g/mol. The summed E-state index contributed by atoms with van der Waals surface area (Å²) in [6.07, 6.45) is 2.73. The van der Waals surface area contributed by atoms with E-state index in [-0.39, 0.29) is 12.5 Å². The SMILES string of the molecule is N#CN1C=C(F)C(N)=NC1. The van der Waals surface area contributed by atoms with E-state index in [1.807, 2.05) is 0 Å². The number of nitrogens with zero attached hydrogens (tertiary/aromatic N) is 3.